The molecular formula is C18H19BrN2O2. The number of ether oxygens (including phenoxy) is 1. The fraction of sp³-hybridized carbons (Fsp3) is 0.278. The van der Waals surface area contributed by atoms with Gasteiger partial charge in [0.2, 0.25) is 0 Å². The lowest BCUT2D eigenvalue weighted by atomic mass is 10.2. The van der Waals surface area contributed by atoms with Gasteiger partial charge in [0.25, 0.3) is 5.91 Å². The first-order valence-electron chi connectivity index (χ1n) is 7.69. The van der Waals surface area contributed by atoms with E-state index in [2.05, 4.69) is 26.9 Å². The number of carbonyl (C=O) groups is 1. The average molecular weight is 375 g/mol. The van der Waals surface area contributed by atoms with Crippen LogP contribution < -0.4 is 9.64 Å². The number of carbonyl (C=O) groups excluding carboxylic acids is 1. The highest BCUT2D eigenvalue weighted by Gasteiger charge is 2.22. The standard InChI is InChI=1S/C18H19BrN2O2/c19-16-8-4-5-9-17(16)20-10-12-21(13-11-20)18(22)14-23-15-6-2-1-3-7-15/h1-9H,10-14H2. The van der Waals surface area contributed by atoms with E-state index in [1.165, 1.54) is 5.69 Å². The summed E-state index contributed by atoms with van der Waals surface area (Å²) < 4.78 is 6.63. The molecule has 1 fully saturated rings. The Bertz CT molecular complexity index is 655. The maximum Gasteiger partial charge on any atom is 0.260 e. The van der Waals surface area contributed by atoms with E-state index in [9.17, 15) is 4.79 Å². The van der Waals surface area contributed by atoms with Crippen molar-refractivity contribution >= 4 is 27.5 Å². The number of piperazine rings is 1. The van der Waals surface area contributed by atoms with Crippen molar-refractivity contribution in [1.29, 1.82) is 0 Å². The van der Waals surface area contributed by atoms with Gasteiger partial charge in [-0.15, -0.1) is 0 Å². The van der Waals surface area contributed by atoms with Crippen LogP contribution in [0.5, 0.6) is 5.75 Å². The summed E-state index contributed by atoms with van der Waals surface area (Å²) in [5.74, 6) is 0.772. The molecule has 1 aliphatic rings. The summed E-state index contributed by atoms with van der Waals surface area (Å²) in [6, 6.07) is 17.6. The first-order chi connectivity index (χ1) is 11.2. The molecule has 0 saturated carbocycles. The van der Waals surface area contributed by atoms with Crippen molar-refractivity contribution in [2.45, 2.75) is 0 Å². The summed E-state index contributed by atoms with van der Waals surface area (Å²) in [5, 5.41) is 0. The lowest BCUT2D eigenvalue weighted by Gasteiger charge is -2.36. The van der Waals surface area contributed by atoms with Crippen LogP contribution in [-0.2, 0) is 4.79 Å². The molecule has 1 saturated heterocycles. The minimum absolute atomic E-state index is 0.0423. The van der Waals surface area contributed by atoms with Gasteiger partial charge < -0.3 is 14.5 Å². The third-order valence-corrected chi connectivity index (χ3v) is 4.60. The van der Waals surface area contributed by atoms with Gasteiger partial charge in [-0.25, -0.2) is 0 Å². The molecule has 2 aromatic rings. The van der Waals surface area contributed by atoms with Crippen LogP contribution in [0.15, 0.2) is 59.1 Å². The Morgan fingerprint density at radius 3 is 2.30 bits per heavy atom. The molecule has 1 heterocycles. The molecular weight excluding hydrogens is 356 g/mol. The van der Waals surface area contributed by atoms with E-state index in [0.717, 1.165) is 36.4 Å². The summed E-state index contributed by atoms with van der Waals surface area (Å²) in [5.41, 5.74) is 1.18. The van der Waals surface area contributed by atoms with Crippen LogP contribution in [0.1, 0.15) is 0 Å². The zero-order valence-electron chi connectivity index (χ0n) is 12.8. The summed E-state index contributed by atoms with van der Waals surface area (Å²) >= 11 is 3.58. The van der Waals surface area contributed by atoms with Crippen molar-refractivity contribution in [3.05, 3.63) is 59.1 Å². The van der Waals surface area contributed by atoms with Crippen molar-refractivity contribution in [2.24, 2.45) is 0 Å². The Hall–Kier alpha value is -2.01. The second kappa shape index (κ2) is 7.51. The SMILES string of the molecule is O=C(COc1ccccc1)N1CCN(c2ccccc2Br)CC1. The first kappa shape index (κ1) is 15.9. The van der Waals surface area contributed by atoms with Crippen LogP contribution in [0.4, 0.5) is 5.69 Å². The molecule has 0 radical (unpaired) electrons. The van der Waals surface area contributed by atoms with Crippen LogP contribution in [-0.4, -0.2) is 43.6 Å². The van der Waals surface area contributed by atoms with E-state index >= 15 is 0 Å². The molecule has 4 nitrogen and oxygen atoms in total. The molecule has 23 heavy (non-hydrogen) atoms. The van der Waals surface area contributed by atoms with Crippen LogP contribution in [0.25, 0.3) is 0 Å². The zero-order valence-corrected chi connectivity index (χ0v) is 14.4. The summed E-state index contributed by atoms with van der Waals surface area (Å²) in [7, 11) is 0. The van der Waals surface area contributed by atoms with Crippen molar-refractivity contribution in [3.63, 3.8) is 0 Å². The molecule has 0 unspecified atom stereocenters. The normalized spacial score (nSPS) is 14.7. The van der Waals surface area contributed by atoms with E-state index < -0.39 is 0 Å². The molecule has 1 amide bonds. The number of para-hydroxylation sites is 2. The van der Waals surface area contributed by atoms with Crippen molar-refractivity contribution < 1.29 is 9.53 Å². The van der Waals surface area contributed by atoms with Gasteiger partial charge in [0, 0.05) is 30.7 Å². The van der Waals surface area contributed by atoms with Crippen LogP contribution in [0.2, 0.25) is 0 Å². The van der Waals surface area contributed by atoms with Gasteiger partial charge in [-0.1, -0.05) is 30.3 Å². The summed E-state index contributed by atoms with van der Waals surface area (Å²) in [6.07, 6.45) is 0. The second-order valence-corrected chi connectivity index (χ2v) is 6.28. The minimum Gasteiger partial charge on any atom is -0.484 e. The minimum atomic E-state index is 0.0423. The Kier molecular flexibility index (Phi) is 5.18. The molecule has 0 spiro atoms. The van der Waals surface area contributed by atoms with E-state index in [1.807, 2.05) is 53.4 Å². The van der Waals surface area contributed by atoms with Gasteiger partial charge in [-0.3, -0.25) is 4.79 Å². The molecule has 0 N–H and O–H groups in total. The number of nitrogens with zero attached hydrogens (tertiary/aromatic N) is 2. The molecule has 1 aliphatic heterocycles. The largest absolute Gasteiger partial charge is 0.484 e. The fourth-order valence-corrected chi connectivity index (χ4v) is 3.19. The molecule has 120 valence electrons. The van der Waals surface area contributed by atoms with Crippen LogP contribution in [0.3, 0.4) is 0 Å². The maximum absolute atomic E-state index is 12.3. The van der Waals surface area contributed by atoms with E-state index in [1.54, 1.807) is 0 Å². The van der Waals surface area contributed by atoms with Crippen molar-refractivity contribution in [1.82, 2.24) is 4.90 Å². The monoisotopic (exact) mass is 374 g/mol. The molecule has 0 aliphatic carbocycles. The summed E-state index contributed by atoms with van der Waals surface area (Å²) in [4.78, 5) is 16.4. The molecule has 2 aromatic carbocycles. The average Bonchev–Trinajstić information content (AvgIpc) is 2.61. The molecule has 5 heteroatoms. The molecule has 0 atom stereocenters. The quantitative estimate of drug-likeness (QED) is 0.823. The predicted molar refractivity (Wildman–Crippen MR) is 94.9 cm³/mol. The fourth-order valence-electron chi connectivity index (χ4n) is 2.66. The number of amides is 1. The molecule has 0 bridgehead atoms. The van der Waals surface area contributed by atoms with E-state index in [-0.39, 0.29) is 12.5 Å². The highest BCUT2D eigenvalue weighted by molar-refractivity contribution is 9.10. The third-order valence-electron chi connectivity index (χ3n) is 3.93. The Labute approximate surface area is 144 Å². The number of benzene rings is 2. The van der Waals surface area contributed by atoms with Gasteiger partial charge in [0.15, 0.2) is 6.61 Å². The van der Waals surface area contributed by atoms with Gasteiger partial charge in [-0.05, 0) is 40.2 Å². The smallest absolute Gasteiger partial charge is 0.260 e. The number of rotatable bonds is 4. The Balaban J connectivity index is 1.50. The second-order valence-electron chi connectivity index (χ2n) is 5.42. The highest BCUT2D eigenvalue weighted by Crippen LogP contribution is 2.26. The number of anilines is 1. The van der Waals surface area contributed by atoms with Crippen LogP contribution >= 0.6 is 15.9 Å². The van der Waals surface area contributed by atoms with E-state index in [4.69, 9.17) is 4.74 Å². The lowest BCUT2D eigenvalue weighted by Crippen LogP contribution is -2.50. The maximum atomic E-state index is 12.3. The van der Waals surface area contributed by atoms with Crippen LogP contribution in [0, 0.1) is 0 Å². The van der Waals surface area contributed by atoms with Gasteiger partial charge >= 0.3 is 0 Å². The van der Waals surface area contributed by atoms with Gasteiger partial charge in [0.05, 0.1) is 5.69 Å². The highest BCUT2D eigenvalue weighted by atomic mass is 79.9. The number of hydrogen-bond donors (Lipinski definition) is 0. The molecule has 0 aromatic heterocycles. The van der Waals surface area contributed by atoms with E-state index in [0.29, 0.717) is 0 Å². The number of hydrogen-bond acceptors (Lipinski definition) is 3. The van der Waals surface area contributed by atoms with Crippen molar-refractivity contribution in [3.8, 4) is 5.75 Å². The topological polar surface area (TPSA) is 32.8 Å². The third kappa shape index (κ3) is 4.05. The molecule has 3 rings (SSSR count). The zero-order chi connectivity index (χ0) is 16.1. The lowest BCUT2D eigenvalue weighted by molar-refractivity contribution is -0.133. The first-order valence-corrected chi connectivity index (χ1v) is 8.48. The van der Waals surface area contributed by atoms with Gasteiger partial charge in [-0.2, -0.15) is 0 Å². The Morgan fingerprint density at radius 1 is 0.957 bits per heavy atom. The Morgan fingerprint density at radius 2 is 1.61 bits per heavy atom. The van der Waals surface area contributed by atoms with Gasteiger partial charge in [0.1, 0.15) is 5.75 Å². The number of halogens is 1. The van der Waals surface area contributed by atoms with Crippen molar-refractivity contribution in [2.75, 3.05) is 37.7 Å². The predicted octanol–water partition coefficient (Wildman–Crippen LogP) is 3.18. The summed E-state index contributed by atoms with van der Waals surface area (Å²) in [6.45, 7) is 3.20.